The fourth-order valence-electron chi connectivity index (χ4n) is 4.35. The van der Waals surface area contributed by atoms with Crippen molar-refractivity contribution in [2.45, 2.75) is 37.0 Å². The van der Waals surface area contributed by atoms with Crippen LogP contribution in [0.5, 0.6) is 5.75 Å². The minimum atomic E-state index is -4.40. The quantitative estimate of drug-likeness (QED) is 0.301. The maximum Gasteiger partial charge on any atom is 0.416 e. The molecule has 0 unspecified atom stereocenters. The smallest absolute Gasteiger partial charge is 0.416 e. The molecule has 1 heterocycles. The number of ether oxygens (including phenoxy) is 1. The van der Waals surface area contributed by atoms with Gasteiger partial charge in [0.25, 0.3) is 0 Å². The molecular formula is C27H25F3N4O2. The number of halogens is 3. The molecule has 0 saturated heterocycles. The number of benzene rings is 3. The van der Waals surface area contributed by atoms with Crippen molar-refractivity contribution in [3.8, 4) is 5.75 Å². The van der Waals surface area contributed by atoms with Crippen molar-refractivity contribution in [3.05, 3.63) is 95.3 Å². The molecule has 1 aliphatic carbocycles. The number of carbonyl (C=O) groups excluding carboxylic acids is 1. The Morgan fingerprint density at radius 1 is 1.06 bits per heavy atom. The van der Waals surface area contributed by atoms with E-state index in [1.807, 2.05) is 48.5 Å². The topological polar surface area (TPSA) is 79.0 Å². The highest BCUT2D eigenvalue weighted by Crippen LogP contribution is 2.46. The maximum absolute atomic E-state index is 13.1. The van der Waals surface area contributed by atoms with Crippen molar-refractivity contribution in [1.29, 1.82) is 0 Å². The van der Waals surface area contributed by atoms with Crippen LogP contribution < -0.4 is 15.4 Å². The molecule has 2 amide bonds. The Morgan fingerprint density at radius 3 is 2.36 bits per heavy atom. The van der Waals surface area contributed by atoms with Gasteiger partial charge in [0.15, 0.2) is 0 Å². The lowest BCUT2D eigenvalue weighted by atomic mass is 10.0. The Labute approximate surface area is 205 Å². The van der Waals surface area contributed by atoms with E-state index in [-0.39, 0.29) is 0 Å². The number of aromatic nitrogens is 2. The molecule has 9 heteroatoms. The first-order valence-electron chi connectivity index (χ1n) is 11.6. The molecule has 6 nitrogen and oxygen atoms in total. The largest absolute Gasteiger partial charge is 0.497 e. The molecule has 0 bridgehead atoms. The lowest BCUT2D eigenvalue weighted by molar-refractivity contribution is -0.137. The van der Waals surface area contributed by atoms with E-state index in [1.165, 1.54) is 12.1 Å². The number of nitrogens with one attached hydrogen (secondary N) is 3. The van der Waals surface area contributed by atoms with Crippen LogP contribution in [0.25, 0.3) is 11.0 Å². The number of para-hydroxylation sites is 2. The van der Waals surface area contributed by atoms with Crippen LogP contribution in [0.1, 0.15) is 41.4 Å². The number of imidazole rings is 1. The average molecular weight is 495 g/mol. The summed E-state index contributed by atoms with van der Waals surface area (Å²) in [6.07, 6.45) is -2.62. The van der Waals surface area contributed by atoms with Crippen LogP contribution in [0, 0.1) is 0 Å². The van der Waals surface area contributed by atoms with E-state index in [1.54, 1.807) is 7.11 Å². The number of hydrogen-bond acceptors (Lipinski definition) is 3. The number of alkyl halides is 3. The van der Waals surface area contributed by atoms with Gasteiger partial charge >= 0.3 is 12.2 Å². The third kappa shape index (κ3) is 5.00. The number of fused-ring (bicyclic) bond motifs is 1. The number of rotatable bonds is 7. The van der Waals surface area contributed by atoms with Crippen LogP contribution in [0.3, 0.4) is 0 Å². The van der Waals surface area contributed by atoms with E-state index in [9.17, 15) is 18.0 Å². The summed E-state index contributed by atoms with van der Waals surface area (Å²) < 4.78 is 44.1. The van der Waals surface area contributed by atoms with E-state index in [4.69, 9.17) is 4.74 Å². The Kier molecular flexibility index (Phi) is 6.07. The summed E-state index contributed by atoms with van der Waals surface area (Å²) in [5.41, 5.74) is 1.89. The first kappa shape index (κ1) is 23.7. The third-order valence-electron chi connectivity index (χ3n) is 6.51. The zero-order valence-electron chi connectivity index (χ0n) is 19.5. The molecule has 1 aromatic heterocycles. The number of urea groups is 1. The van der Waals surface area contributed by atoms with Crippen molar-refractivity contribution in [2.75, 3.05) is 7.11 Å². The molecule has 0 aliphatic heterocycles. The fourth-order valence-corrected chi connectivity index (χ4v) is 4.35. The van der Waals surface area contributed by atoms with Crippen LogP contribution in [0.4, 0.5) is 18.0 Å². The molecule has 0 radical (unpaired) electrons. The number of aromatic amines is 1. The molecule has 1 atom stereocenters. The highest BCUT2D eigenvalue weighted by atomic mass is 19.4. The lowest BCUT2D eigenvalue weighted by Gasteiger charge is -2.22. The average Bonchev–Trinajstić information content (AvgIpc) is 3.51. The monoisotopic (exact) mass is 494 g/mol. The first-order chi connectivity index (χ1) is 17.3. The van der Waals surface area contributed by atoms with Crippen LogP contribution in [-0.4, -0.2) is 23.1 Å². The van der Waals surface area contributed by atoms with Gasteiger partial charge in [0.05, 0.1) is 35.3 Å². The molecule has 186 valence electrons. The summed E-state index contributed by atoms with van der Waals surface area (Å²) in [5, 5.41) is 6.00. The van der Waals surface area contributed by atoms with Crippen LogP contribution >= 0.6 is 0 Å². The SMILES string of the molecule is COc1ccc(C[C@@H](NC(=O)NC2(c3ccc(C(F)(F)F)cc3)CC2)c2nc3ccccc3[nH]2)cc1. The van der Waals surface area contributed by atoms with Gasteiger partial charge in [0.1, 0.15) is 11.6 Å². The number of hydrogen-bond donors (Lipinski definition) is 3. The molecule has 3 N–H and O–H groups in total. The maximum atomic E-state index is 13.1. The van der Waals surface area contributed by atoms with E-state index < -0.39 is 29.4 Å². The van der Waals surface area contributed by atoms with Crippen molar-refractivity contribution in [3.63, 3.8) is 0 Å². The summed E-state index contributed by atoms with van der Waals surface area (Å²) in [7, 11) is 1.60. The van der Waals surface area contributed by atoms with Gasteiger partial charge in [-0.1, -0.05) is 36.4 Å². The summed E-state index contributed by atoms with van der Waals surface area (Å²) in [4.78, 5) is 21.1. The zero-order valence-corrected chi connectivity index (χ0v) is 19.5. The van der Waals surface area contributed by atoms with Crippen molar-refractivity contribution < 1.29 is 22.7 Å². The van der Waals surface area contributed by atoms with Crippen LogP contribution in [-0.2, 0) is 18.1 Å². The normalized spacial score (nSPS) is 15.3. The van der Waals surface area contributed by atoms with Gasteiger partial charge in [0.2, 0.25) is 0 Å². The van der Waals surface area contributed by atoms with Gasteiger partial charge in [-0.25, -0.2) is 9.78 Å². The summed E-state index contributed by atoms with van der Waals surface area (Å²) in [5.74, 6) is 1.35. The summed E-state index contributed by atoms with van der Waals surface area (Å²) >= 11 is 0. The molecule has 5 rings (SSSR count). The second kappa shape index (κ2) is 9.22. The van der Waals surface area contributed by atoms with E-state index in [2.05, 4.69) is 20.6 Å². The van der Waals surface area contributed by atoms with Crippen LogP contribution in [0.2, 0.25) is 0 Å². The number of H-pyrrole nitrogens is 1. The highest BCUT2D eigenvalue weighted by Gasteiger charge is 2.46. The van der Waals surface area contributed by atoms with Gasteiger partial charge in [0, 0.05) is 0 Å². The molecule has 1 fully saturated rings. The molecule has 3 aromatic carbocycles. The predicted octanol–water partition coefficient (Wildman–Crippen LogP) is 5.86. The summed E-state index contributed by atoms with van der Waals surface area (Å²) in [6.45, 7) is 0. The third-order valence-corrected chi connectivity index (χ3v) is 6.51. The second-order valence-electron chi connectivity index (χ2n) is 9.00. The Balaban J connectivity index is 1.35. The minimum Gasteiger partial charge on any atom is -0.497 e. The zero-order chi connectivity index (χ0) is 25.3. The van der Waals surface area contributed by atoms with Crippen LogP contribution in [0.15, 0.2) is 72.8 Å². The van der Waals surface area contributed by atoms with Gasteiger partial charge in [-0.15, -0.1) is 0 Å². The molecule has 1 aliphatic rings. The first-order valence-corrected chi connectivity index (χ1v) is 11.6. The van der Waals surface area contributed by atoms with Gasteiger partial charge in [-0.2, -0.15) is 13.2 Å². The Bertz CT molecular complexity index is 1330. The predicted molar refractivity (Wildman–Crippen MR) is 130 cm³/mol. The molecule has 36 heavy (non-hydrogen) atoms. The van der Waals surface area contributed by atoms with Gasteiger partial charge in [-0.05, 0) is 66.8 Å². The van der Waals surface area contributed by atoms with Crippen molar-refractivity contribution in [1.82, 2.24) is 20.6 Å². The van der Waals surface area contributed by atoms with Crippen molar-refractivity contribution in [2.24, 2.45) is 0 Å². The highest BCUT2D eigenvalue weighted by molar-refractivity contribution is 5.77. The van der Waals surface area contributed by atoms with Gasteiger partial charge in [-0.3, -0.25) is 0 Å². The lowest BCUT2D eigenvalue weighted by Crippen LogP contribution is -2.44. The number of carbonyl (C=O) groups is 1. The molecule has 0 spiro atoms. The van der Waals surface area contributed by atoms with Crippen molar-refractivity contribution >= 4 is 17.1 Å². The Morgan fingerprint density at radius 2 is 1.75 bits per heavy atom. The van der Waals surface area contributed by atoms with Gasteiger partial charge < -0.3 is 20.4 Å². The number of nitrogens with zero attached hydrogens (tertiary/aromatic N) is 1. The molecule has 4 aromatic rings. The second-order valence-corrected chi connectivity index (χ2v) is 9.00. The fraction of sp³-hybridized carbons (Fsp3) is 0.259. The standard InChI is InChI=1S/C27H25F3N4O2/c1-36-20-12-6-17(7-13-20)16-23(24-31-21-4-2-3-5-22(21)32-24)33-25(35)34-26(14-15-26)18-8-10-19(11-9-18)27(28,29)30/h2-13,23H,14-16H2,1H3,(H,31,32)(H2,33,34,35)/t23-/m1/s1. The summed E-state index contributed by atoms with van der Waals surface area (Å²) in [6, 6.07) is 19.3. The van der Waals surface area contributed by atoms with E-state index in [0.29, 0.717) is 30.7 Å². The number of methoxy groups -OCH3 is 1. The molecular weight excluding hydrogens is 469 g/mol. The molecule has 1 saturated carbocycles. The Hall–Kier alpha value is -4.01. The number of amides is 2. The van der Waals surface area contributed by atoms with E-state index in [0.717, 1.165) is 34.5 Å². The van der Waals surface area contributed by atoms with E-state index >= 15 is 0 Å². The minimum absolute atomic E-state index is 0.411.